The Bertz CT molecular complexity index is 90.6. The van der Waals surface area contributed by atoms with Crippen molar-refractivity contribution >= 4 is 6.21 Å². The van der Waals surface area contributed by atoms with Crippen LogP contribution in [0, 0.1) is 5.92 Å². The Morgan fingerprint density at radius 1 is 1.38 bits per heavy atom. The molecule has 0 N–H and O–H groups in total. The highest BCUT2D eigenvalue weighted by Crippen LogP contribution is 1.91. The molecule has 0 radical (unpaired) electrons. The summed E-state index contributed by atoms with van der Waals surface area (Å²) in [6, 6.07) is 0. The number of hydrogen-bond acceptors (Lipinski definition) is 1. The second-order valence-electron chi connectivity index (χ2n) is 1.99. The van der Waals surface area contributed by atoms with Crippen molar-refractivity contribution in [2.24, 2.45) is 10.9 Å². The Hall–Kier alpha value is -0.590. The number of aliphatic imine (C=N–C) groups is 1. The largest absolute Gasteiger partial charge is 0.270 e. The maximum absolute atomic E-state index is 3.91. The van der Waals surface area contributed by atoms with Crippen LogP contribution in [0.3, 0.4) is 0 Å². The molecule has 0 fully saturated rings. The smallest absolute Gasteiger partial charge is 0.0226 e. The molecule has 1 nitrogen and oxygen atoms in total. The molecule has 0 aliphatic carbocycles. The van der Waals surface area contributed by atoms with E-state index in [9.17, 15) is 0 Å². The Labute approximate surface area is 51.1 Å². The van der Waals surface area contributed by atoms with E-state index in [-0.39, 0.29) is 0 Å². The molecule has 0 aromatic rings. The monoisotopic (exact) mass is 111 g/mol. The lowest BCUT2D eigenvalue weighted by atomic mass is 10.2. The van der Waals surface area contributed by atoms with E-state index < -0.39 is 0 Å². The Morgan fingerprint density at radius 3 is 2.38 bits per heavy atom. The van der Waals surface area contributed by atoms with Gasteiger partial charge in [0.2, 0.25) is 0 Å². The zero-order chi connectivity index (χ0) is 6.41. The molecular weight excluding hydrogens is 98.1 g/mol. The second-order valence-corrected chi connectivity index (χ2v) is 1.99. The fourth-order valence-corrected chi connectivity index (χ4v) is 0.308. The van der Waals surface area contributed by atoms with Gasteiger partial charge < -0.3 is 0 Å². The zero-order valence-corrected chi connectivity index (χ0v) is 5.76. The lowest BCUT2D eigenvalue weighted by Crippen LogP contribution is -1.74. The van der Waals surface area contributed by atoms with Gasteiger partial charge >= 0.3 is 0 Å². The molecular formula is C7H13N. The summed E-state index contributed by atoms with van der Waals surface area (Å²) in [6.45, 7) is 6.16. The SMILES string of the molecule is CC=NC=CC(C)C. The van der Waals surface area contributed by atoms with Crippen LogP contribution in [0.1, 0.15) is 20.8 Å². The zero-order valence-electron chi connectivity index (χ0n) is 5.76. The van der Waals surface area contributed by atoms with Gasteiger partial charge in [-0.05, 0) is 12.8 Å². The van der Waals surface area contributed by atoms with Gasteiger partial charge in [-0.1, -0.05) is 19.9 Å². The minimum atomic E-state index is 0.610. The predicted octanol–water partition coefficient (Wildman–Crippen LogP) is 2.25. The molecule has 0 spiro atoms. The summed E-state index contributed by atoms with van der Waals surface area (Å²) in [4.78, 5) is 3.91. The van der Waals surface area contributed by atoms with Gasteiger partial charge in [0, 0.05) is 12.4 Å². The fourth-order valence-electron chi connectivity index (χ4n) is 0.308. The van der Waals surface area contributed by atoms with Gasteiger partial charge in [-0.3, -0.25) is 4.99 Å². The number of hydrogen-bond donors (Lipinski definition) is 0. The lowest BCUT2D eigenvalue weighted by Gasteiger charge is -1.87. The molecule has 0 aromatic carbocycles. The van der Waals surface area contributed by atoms with Crippen molar-refractivity contribution in [3.8, 4) is 0 Å². The van der Waals surface area contributed by atoms with Crippen LogP contribution in [0.25, 0.3) is 0 Å². The van der Waals surface area contributed by atoms with Crippen molar-refractivity contribution in [1.82, 2.24) is 0 Å². The maximum Gasteiger partial charge on any atom is 0.0226 e. The minimum Gasteiger partial charge on any atom is -0.270 e. The van der Waals surface area contributed by atoms with Gasteiger partial charge in [-0.2, -0.15) is 0 Å². The van der Waals surface area contributed by atoms with Crippen LogP contribution < -0.4 is 0 Å². The molecule has 0 bridgehead atoms. The van der Waals surface area contributed by atoms with Crippen LogP contribution in [0.5, 0.6) is 0 Å². The van der Waals surface area contributed by atoms with E-state index in [1.807, 2.05) is 13.1 Å². The van der Waals surface area contributed by atoms with Crippen molar-refractivity contribution in [3.05, 3.63) is 12.3 Å². The van der Waals surface area contributed by atoms with Gasteiger partial charge in [0.1, 0.15) is 0 Å². The molecule has 46 valence electrons. The van der Waals surface area contributed by atoms with E-state index in [4.69, 9.17) is 0 Å². The maximum atomic E-state index is 3.91. The highest BCUT2D eigenvalue weighted by molar-refractivity contribution is 5.54. The van der Waals surface area contributed by atoms with Crippen molar-refractivity contribution in [1.29, 1.82) is 0 Å². The molecule has 0 aliphatic rings. The fraction of sp³-hybridized carbons (Fsp3) is 0.571. The van der Waals surface area contributed by atoms with E-state index in [0.717, 1.165) is 0 Å². The topological polar surface area (TPSA) is 12.4 Å². The Morgan fingerprint density at radius 2 is 2.00 bits per heavy atom. The molecule has 0 saturated carbocycles. The Balaban J connectivity index is 3.34. The molecule has 0 aromatic heterocycles. The van der Waals surface area contributed by atoms with Crippen molar-refractivity contribution < 1.29 is 0 Å². The summed E-state index contributed by atoms with van der Waals surface area (Å²) in [5.74, 6) is 0.610. The summed E-state index contributed by atoms with van der Waals surface area (Å²) < 4.78 is 0. The first-order chi connectivity index (χ1) is 3.77. The van der Waals surface area contributed by atoms with Crippen molar-refractivity contribution in [2.75, 3.05) is 0 Å². The molecule has 0 rings (SSSR count). The van der Waals surface area contributed by atoms with E-state index in [2.05, 4.69) is 24.9 Å². The lowest BCUT2D eigenvalue weighted by molar-refractivity contribution is 0.829. The average molecular weight is 111 g/mol. The summed E-state index contributed by atoms with van der Waals surface area (Å²) in [5, 5.41) is 0. The molecule has 0 aliphatic heterocycles. The first kappa shape index (κ1) is 7.41. The van der Waals surface area contributed by atoms with Gasteiger partial charge in [-0.15, -0.1) is 0 Å². The number of nitrogens with zero attached hydrogens (tertiary/aromatic N) is 1. The number of rotatable bonds is 2. The quantitative estimate of drug-likeness (QED) is 0.484. The van der Waals surface area contributed by atoms with Gasteiger partial charge in [0.25, 0.3) is 0 Å². The molecule has 1 heteroatoms. The van der Waals surface area contributed by atoms with E-state index in [1.165, 1.54) is 0 Å². The van der Waals surface area contributed by atoms with Crippen molar-refractivity contribution in [2.45, 2.75) is 20.8 Å². The standard InChI is InChI=1S/C7H13N/c1-4-8-6-5-7(2)3/h4-7H,1-3H3. The third kappa shape index (κ3) is 5.41. The van der Waals surface area contributed by atoms with Gasteiger partial charge in [-0.25, -0.2) is 0 Å². The highest BCUT2D eigenvalue weighted by atomic mass is 14.6. The summed E-state index contributed by atoms with van der Waals surface area (Å²) in [5.41, 5.74) is 0. The van der Waals surface area contributed by atoms with Gasteiger partial charge in [0.15, 0.2) is 0 Å². The molecule has 0 amide bonds. The van der Waals surface area contributed by atoms with Gasteiger partial charge in [0.05, 0.1) is 0 Å². The van der Waals surface area contributed by atoms with Crippen LogP contribution in [0.2, 0.25) is 0 Å². The highest BCUT2D eigenvalue weighted by Gasteiger charge is 1.78. The Kier molecular flexibility index (Phi) is 4.23. The van der Waals surface area contributed by atoms with Crippen molar-refractivity contribution in [3.63, 3.8) is 0 Å². The van der Waals surface area contributed by atoms with Crippen LogP contribution in [-0.4, -0.2) is 6.21 Å². The van der Waals surface area contributed by atoms with E-state index in [0.29, 0.717) is 5.92 Å². The second kappa shape index (κ2) is 4.57. The third-order valence-corrected chi connectivity index (χ3v) is 0.706. The summed E-state index contributed by atoms with van der Waals surface area (Å²) in [7, 11) is 0. The minimum absolute atomic E-state index is 0.610. The molecule has 0 heterocycles. The summed E-state index contributed by atoms with van der Waals surface area (Å²) in [6.07, 6.45) is 5.66. The van der Waals surface area contributed by atoms with Crippen LogP contribution in [0.15, 0.2) is 17.3 Å². The summed E-state index contributed by atoms with van der Waals surface area (Å²) >= 11 is 0. The first-order valence-corrected chi connectivity index (χ1v) is 2.92. The third-order valence-electron chi connectivity index (χ3n) is 0.706. The van der Waals surface area contributed by atoms with E-state index in [1.54, 1.807) is 6.21 Å². The number of allylic oxidation sites excluding steroid dienone is 1. The predicted molar refractivity (Wildman–Crippen MR) is 38.1 cm³/mol. The van der Waals surface area contributed by atoms with Crippen LogP contribution in [0.4, 0.5) is 0 Å². The molecule has 0 unspecified atom stereocenters. The first-order valence-electron chi connectivity index (χ1n) is 2.92. The molecule has 8 heavy (non-hydrogen) atoms. The molecule has 0 saturated heterocycles. The van der Waals surface area contributed by atoms with Crippen LogP contribution >= 0.6 is 0 Å². The van der Waals surface area contributed by atoms with Crippen LogP contribution in [-0.2, 0) is 0 Å². The average Bonchev–Trinajstić information content (AvgIpc) is 1.66. The normalized spacial score (nSPS) is 12.5. The van der Waals surface area contributed by atoms with E-state index >= 15 is 0 Å². The molecule has 0 atom stereocenters.